The molecule has 14 heavy (non-hydrogen) atoms. The van der Waals surface area contributed by atoms with Crippen molar-refractivity contribution in [2.45, 2.75) is 38.1 Å². The van der Waals surface area contributed by atoms with Crippen molar-refractivity contribution in [2.24, 2.45) is 5.92 Å². The molecule has 1 fully saturated rings. The molecule has 1 aliphatic carbocycles. The van der Waals surface area contributed by atoms with Crippen LogP contribution in [0.5, 0.6) is 0 Å². The number of fused-ring (bicyclic) bond motifs is 1. The minimum absolute atomic E-state index is 0.495. The fraction of sp³-hybridized carbons (Fsp3) is 0.667. The van der Waals surface area contributed by atoms with E-state index in [9.17, 15) is 0 Å². The molecule has 2 aliphatic rings. The van der Waals surface area contributed by atoms with Gasteiger partial charge in [-0.05, 0) is 43.4 Å². The highest BCUT2D eigenvalue weighted by molar-refractivity contribution is 5.23. The average molecular weight is 191 g/mol. The van der Waals surface area contributed by atoms with E-state index in [1.807, 2.05) is 6.26 Å². The normalized spacial score (nSPS) is 26.1. The highest BCUT2D eigenvalue weighted by Crippen LogP contribution is 2.37. The molecule has 1 aromatic heterocycles. The highest BCUT2D eigenvalue weighted by Gasteiger charge is 2.26. The lowest BCUT2D eigenvalue weighted by Gasteiger charge is -2.22. The van der Waals surface area contributed by atoms with E-state index in [2.05, 4.69) is 11.4 Å². The lowest BCUT2D eigenvalue weighted by Crippen LogP contribution is -2.28. The van der Waals surface area contributed by atoms with Crippen LogP contribution >= 0.6 is 0 Å². The Bertz CT molecular complexity index is 314. The Morgan fingerprint density at radius 2 is 2.29 bits per heavy atom. The standard InChI is InChI=1S/C12H17NO/c1-2-9(1)3-4-11-12-10(5-7-13-11)6-8-14-12/h6,8-9,11,13H,1-5,7H2. The van der Waals surface area contributed by atoms with Crippen LogP contribution in [0.15, 0.2) is 16.7 Å². The maximum absolute atomic E-state index is 5.56. The second-order valence-electron chi connectivity index (χ2n) is 4.59. The summed E-state index contributed by atoms with van der Waals surface area (Å²) in [5.74, 6) is 2.23. The Hall–Kier alpha value is -0.760. The van der Waals surface area contributed by atoms with E-state index in [1.165, 1.54) is 37.0 Å². The molecule has 2 heterocycles. The van der Waals surface area contributed by atoms with Crippen LogP contribution in [-0.2, 0) is 6.42 Å². The van der Waals surface area contributed by atoms with Gasteiger partial charge in [0.25, 0.3) is 0 Å². The van der Waals surface area contributed by atoms with Gasteiger partial charge >= 0.3 is 0 Å². The van der Waals surface area contributed by atoms with Gasteiger partial charge in [-0.3, -0.25) is 0 Å². The smallest absolute Gasteiger partial charge is 0.123 e. The number of furan rings is 1. The molecule has 1 saturated carbocycles. The molecule has 1 atom stereocenters. The number of hydrogen-bond acceptors (Lipinski definition) is 2. The molecule has 76 valence electrons. The SMILES string of the molecule is c1cc2c(o1)C(CCC1CC1)NCC2. The summed E-state index contributed by atoms with van der Waals surface area (Å²) < 4.78 is 5.56. The van der Waals surface area contributed by atoms with Gasteiger partial charge in [-0.2, -0.15) is 0 Å². The maximum atomic E-state index is 5.56. The lowest BCUT2D eigenvalue weighted by atomic mass is 9.98. The van der Waals surface area contributed by atoms with Crippen molar-refractivity contribution in [3.8, 4) is 0 Å². The van der Waals surface area contributed by atoms with Gasteiger partial charge in [0, 0.05) is 0 Å². The van der Waals surface area contributed by atoms with Crippen LogP contribution in [0, 0.1) is 5.92 Å². The maximum Gasteiger partial charge on any atom is 0.123 e. The van der Waals surface area contributed by atoms with Crippen LogP contribution in [-0.4, -0.2) is 6.54 Å². The van der Waals surface area contributed by atoms with Crippen LogP contribution in [0.25, 0.3) is 0 Å². The predicted molar refractivity (Wildman–Crippen MR) is 55.1 cm³/mol. The molecular weight excluding hydrogens is 174 g/mol. The van der Waals surface area contributed by atoms with Crippen LogP contribution in [0.1, 0.15) is 43.0 Å². The molecule has 0 saturated heterocycles. The van der Waals surface area contributed by atoms with Gasteiger partial charge in [0.2, 0.25) is 0 Å². The van der Waals surface area contributed by atoms with Crippen molar-refractivity contribution in [3.63, 3.8) is 0 Å². The number of nitrogens with one attached hydrogen (secondary N) is 1. The molecule has 0 bridgehead atoms. The summed E-state index contributed by atoms with van der Waals surface area (Å²) in [5, 5.41) is 3.55. The van der Waals surface area contributed by atoms with E-state index < -0.39 is 0 Å². The van der Waals surface area contributed by atoms with Crippen molar-refractivity contribution in [1.82, 2.24) is 5.32 Å². The van der Waals surface area contributed by atoms with Gasteiger partial charge in [-0.15, -0.1) is 0 Å². The average Bonchev–Trinajstić information content (AvgIpc) is 2.91. The largest absolute Gasteiger partial charge is 0.467 e. The summed E-state index contributed by atoms with van der Waals surface area (Å²) in [7, 11) is 0. The molecule has 1 N–H and O–H groups in total. The molecule has 0 radical (unpaired) electrons. The molecule has 2 heteroatoms. The third kappa shape index (κ3) is 1.59. The van der Waals surface area contributed by atoms with Crippen molar-refractivity contribution in [2.75, 3.05) is 6.54 Å². The molecule has 0 spiro atoms. The first-order valence-corrected chi connectivity index (χ1v) is 5.73. The van der Waals surface area contributed by atoms with E-state index in [0.29, 0.717) is 6.04 Å². The van der Waals surface area contributed by atoms with Gasteiger partial charge in [0.15, 0.2) is 0 Å². The minimum Gasteiger partial charge on any atom is -0.467 e. The summed E-state index contributed by atoms with van der Waals surface area (Å²) in [6, 6.07) is 2.62. The van der Waals surface area contributed by atoms with Crippen molar-refractivity contribution >= 4 is 0 Å². The third-order valence-electron chi connectivity index (χ3n) is 3.44. The van der Waals surface area contributed by atoms with E-state index in [-0.39, 0.29) is 0 Å². The van der Waals surface area contributed by atoms with Crippen LogP contribution in [0.4, 0.5) is 0 Å². The Morgan fingerprint density at radius 3 is 3.14 bits per heavy atom. The Balaban J connectivity index is 1.68. The molecule has 0 amide bonds. The molecule has 1 unspecified atom stereocenters. The topological polar surface area (TPSA) is 25.2 Å². The fourth-order valence-electron chi connectivity index (χ4n) is 2.38. The summed E-state index contributed by atoms with van der Waals surface area (Å²) in [6.45, 7) is 1.11. The molecule has 0 aromatic carbocycles. The van der Waals surface area contributed by atoms with E-state index in [1.54, 1.807) is 0 Å². The van der Waals surface area contributed by atoms with Gasteiger partial charge in [-0.1, -0.05) is 12.8 Å². The number of hydrogen-bond donors (Lipinski definition) is 1. The minimum atomic E-state index is 0.495. The van der Waals surface area contributed by atoms with E-state index in [4.69, 9.17) is 4.42 Å². The van der Waals surface area contributed by atoms with Crippen molar-refractivity contribution < 1.29 is 4.42 Å². The first-order chi connectivity index (χ1) is 6.93. The van der Waals surface area contributed by atoms with Gasteiger partial charge in [0.05, 0.1) is 12.3 Å². The predicted octanol–water partition coefficient (Wildman–Crippen LogP) is 2.66. The van der Waals surface area contributed by atoms with Crippen LogP contribution in [0.2, 0.25) is 0 Å². The second-order valence-corrected chi connectivity index (χ2v) is 4.59. The summed E-state index contributed by atoms with van der Waals surface area (Å²) >= 11 is 0. The van der Waals surface area contributed by atoms with Crippen LogP contribution < -0.4 is 5.32 Å². The fourth-order valence-corrected chi connectivity index (χ4v) is 2.38. The molecule has 1 aliphatic heterocycles. The highest BCUT2D eigenvalue weighted by atomic mass is 16.3. The van der Waals surface area contributed by atoms with Gasteiger partial charge in [-0.25, -0.2) is 0 Å². The monoisotopic (exact) mass is 191 g/mol. The molecular formula is C12H17NO. The summed E-state index contributed by atoms with van der Waals surface area (Å²) in [6.07, 6.45) is 8.51. The Kier molecular flexibility index (Phi) is 2.09. The molecule has 1 aromatic rings. The van der Waals surface area contributed by atoms with Crippen molar-refractivity contribution in [1.29, 1.82) is 0 Å². The zero-order valence-electron chi connectivity index (χ0n) is 8.46. The third-order valence-corrected chi connectivity index (χ3v) is 3.44. The molecule has 2 nitrogen and oxygen atoms in total. The van der Waals surface area contributed by atoms with E-state index >= 15 is 0 Å². The Morgan fingerprint density at radius 1 is 1.36 bits per heavy atom. The Labute approximate surface area is 84.7 Å². The lowest BCUT2D eigenvalue weighted by molar-refractivity contribution is 0.364. The quantitative estimate of drug-likeness (QED) is 0.794. The molecule has 3 rings (SSSR count). The first kappa shape index (κ1) is 8.54. The van der Waals surface area contributed by atoms with Crippen molar-refractivity contribution in [3.05, 3.63) is 23.7 Å². The number of rotatable bonds is 3. The zero-order valence-corrected chi connectivity index (χ0v) is 8.46. The van der Waals surface area contributed by atoms with Crippen LogP contribution in [0.3, 0.4) is 0 Å². The van der Waals surface area contributed by atoms with Gasteiger partial charge in [0.1, 0.15) is 5.76 Å². The zero-order chi connectivity index (χ0) is 9.38. The summed E-state index contributed by atoms with van der Waals surface area (Å²) in [5.41, 5.74) is 1.42. The van der Waals surface area contributed by atoms with E-state index in [0.717, 1.165) is 18.9 Å². The van der Waals surface area contributed by atoms with Gasteiger partial charge < -0.3 is 9.73 Å². The second kappa shape index (κ2) is 3.43. The first-order valence-electron chi connectivity index (χ1n) is 5.73. The summed E-state index contributed by atoms with van der Waals surface area (Å²) in [4.78, 5) is 0.